The Morgan fingerprint density at radius 2 is 1.96 bits per heavy atom. The minimum Gasteiger partial charge on any atom is -0.496 e. The van der Waals surface area contributed by atoms with Gasteiger partial charge in [0.2, 0.25) is 0 Å². The first-order chi connectivity index (χ1) is 12.4. The van der Waals surface area contributed by atoms with Crippen LogP contribution in [0.25, 0.3) is 0 Å². The Morgan fingerprint density at radius 1 is 1.23 bits per heavy atom. The lowest BCUT2D eigenvalue weighted by atomic mass is 10.1. The van der Waals surface area contributed by atoms with E-state index in [1.807, 2.05) is 0 Å². The SMILES string of the molecule is COc1ccc(Cl)cc1C(=O)N1CCCC1CS(=O)(=O)c1ccccc1. The second-order valence-corrected chi connectivity index (χ2v) is 8.70. The summed E-state index contributed by atoms with van der Waals surface area (Å²) < 4.78 is 30.6. The molecule has 0 N–H and O–H groups in total. The molecule has 1 fully saturated rings. The van der Waals surface area contributed by atoms with Gasteiger partial charge in [0.15, 0.2) is 9.84 Å². The lowest BCUT2D eigenvalue weighted by molar-refractivity contribution is 0.0746. The number of carbonyl (C=O) groups is 1. The highest BCUT2D eigenvalue weighted by atomic mass is 35.5. The number of nitrogens with zero attached hydrogens (tertiary/aromatic N) is 1. The predicted octanol–water partition coefficient (Wildman–Crippen LogP) is 3.43. The van der Waals surface area contributed by atoms with E-state index in [1.54, 1.807) is 53.4 Å². The molecule has 0 saturated carbocycles. The van der Waals surface area contributed by atoms with Crippen molar-refractivity contribution in [2.45, 2.75) is 23.8 Å². The zero-order valence-corrected chi connectivity index (χ0v) is 16.0. The molecule has 1 amide bonds. The topological polar surface area (TPSA) is 63.7 Å². The van der Waals surface area contributed by atoms with E-state index in [-0.39, 0.29) is 22.6 Å². The van der Waals surface area contributed by atoms with E-state index in [0.717, 1.165) is 6.42 Å². The van der Waals surface area contributed by atoms with Crippen LogP contribution in [0.4, 0.5) is 0 Å². The third-order valence-electron chi connectivity index (χ3n) is 4.54. The van der Waals surface area contributed by atoms with Gasteiger partial charge in [-0.05, 0) is 43.2 Å². The summed E-state index contributed by atoms with van der Waals surface area (Å²) in [4.78, 5) is 14.9. The van der Waals surface area contributed by atoms with E-state index in [2.05, 4.69) is 0 Å². The highest BCUT2D eigenvalue weighted by Gasteiger charge is 2.34. The third-order valence-corrected chi connectivity index (χ3v) is 6.59. The Morgan fingerprint density at radius 3 is 2.65 bits per heavy atom. The smallest absolute Gasteiger partial charge is 0.257 e. The Hall–Kier alpha value is -2.05. The molecule has 1 aliphatic rings. The van der Waals surface area contributed by atoms with Crippen LogP contribution in [0.15, 0.2) is 53.4 Å². The minimum absolute atomic E-state index is 0.0916. The number of amides is 1. The molecule has 1 aliphatic heterocycles. The second-order valence-electron chi connectivity index (χ2n) is 6.23. The molecule has 3 rings (SSSR count). The van der Waals surface area contributed by atoms with Gasteiger partial charge in [-0.15, -0.1) is 0 Å². The van der Waals surface area contributed by atoms with Crippen molar-refractivity contribution in [1.82, 2.24) is 4.90 Å². The summed E-state index contributed by atoms with van der Waals surface area (Å²) in [6.45, 7) is 0.517. The molecule has 2 aromatic carbocycles. The summed E-state index contributed by atoms with van der Waals surface area (Å²) in [5, 5.41) is 0.432. The van der Waals surface area contributed by atoms with Gasteiger partial charge in [0, 0.05) is 17.6 Å². The first-order valence-corrected chi connectivity index (χ1v) is 10.4. The zero-order chi connectivity index (χ0) is 18.7. The molecule has 1 saturated heterocycles. The fourth-order valence-corrected chi connectivity index (χ4v) is 5.05. The van der Waals surface area contributed by atoms with Crippen LogP contribution >= 0.6 is 11.6 Å². The molecular formula is C19H20ClNO4S. The Labute approximate surface area is 158 Å². The van der Waals surface area contributed by atoms with Crippen molar-refractivity contribution in [3.63, 3.8) is 0 Å². The van der Waals surface area contributed by atoms with E-state index in [4.69, 9.17) is 16.3 Å². The molecule has 1 heterocycles. The van der Waals surface area contributed by atoms with Crippen LogP contribution in [0.3, 0.4) is 0 Å². The van der Waals surface area contributed by atoms with Crippen LogP contribution in [0.2, 0.25) is 5.02 Å². The fraction of sp³-hybridized carbons (Fsp3) is 0.316. The average molecular weight is 394 g/mol. The number of hydrogen-bond donors (Lipinski definition) is 0. The van der Waals surface area contributed by atoms with Gasteiger partial charge >= 0.3 is 0 Å². The fourth-order valence-electron chi connectivity index (χ4n) is 3.26. The number of methoxy groups -OCH3 is 1. The summed E-state index contributed by atoms with van der Waals surface area (Å²) in [7, 11) is -1.98. The zero-order valence-electron chi connectivity index (χ0n) is 14.4. The maximum Gasteiger partial charge on any atom is 0.257 e. The highest BCUT2D eigenvalue weighted by molar-refractivity contribution is 7.91. The van der Waals surface area contributed by atoms with E-state index in [9.17, 15) is 13.2 Å². The molecule has 1 unspecified atom stereocenters. The highest BCUT2D eigenvalue weighted by Crippen LogP contribution is 2.29. The van der Waals surface area contributed by atoms with Gasteiger partial charge in [0.25, 0.3) is 5.91 Å². The van der Waals surface area contributed by atoms with Crippen molar-refractivity contribution in [3.05, 3.63) is 59.1 Å². The molecule has 2 aromatic rings. The quantitative estimate of drug-likeness (QED) is 0.780. The summed E-state index contributed by atoms with van der Waals surface area (Å²) in [5.74, 6) is 0.0807. The van der Waals surface area contributed by atoms with Crippen molar-refractivity contribution < 1.29 is 17.9 Å². The number of ether oxygens (including phenoxy) is 1. The molecule has 7 heteroatoms. The van der Waals surface area contributed by atoms with Crippen LogP contribution in [0.5, 0.6) is 5.75 Å². The maximum absolute atomic E-state index is 13.0. The number of carbonyl (C=O) groups excluding carboxylic acids is 1. The standard InChI is InChI=1S/C19H20ClNO4S/c1-25-18-10-9-14(20)12-17(18)19(22)21-11-5-6-15(21)13-26(23,24)16-7-3-2-4-8-16/h2-4,7-10,12,15H,5-6,11,13H2,1H3. The molecule has 5 nitrogen and oxygen atoms in total. The lowest BCUT2D eigenvalue weighted by Gasteiger charge is -2.25. The van der Waals surface area contributed by atoms with Gasteiger partial charge in [0.1, 0.15) is 5.75 Å². The predicted molar refractivity (Wildman–Crippen MR) is 101 cm³/mol. The average Bonchev–Trinajstić information content (AvgIpc) is 3.09. The number of halogens is 1. The van der Waals surface area contributed by atoms with Gasteiger partial charge in [-0.3, -0.25) is 4.79 Å². The molecule has 26 heavy (non-hydrogen) atoms. The molecule has 138 valence electrons. The van der Waals surface area contributed by atoms with E-state index >= 15 is 0 Å². The summed E-state index contributed by atoms with van der Waals surface area (Å²) >= 11 is 6.03. The Balaban J connectivity index is 1.85. The van der Waals surface area contributed by atoms with Gasteiger partial charge in [-0.1, -0.05) is 29.8 Å². The monoisotopic (exact) mass is 393 g/mol. The van der Waals surface area contributed by atoms with Crippen molar-refractivity contribution in [1.29, 1.82) is 0 Å². The summed E-state index contributed by atoms with van der Waals surface area (Å²) in [6.07, 6.45) is 1.42. The van der Waals surface area contributed by atoms with Gasteiger partial charge in [-0.2, -0.15) is 0 Å². The lowest BCUT2D eigenvalue weighted by Crippen LogP contribution is -2.39. The molecule has 1 atom stereocenters. The molecule has 0 spiro atoms. The van der Waals surface area contributed by atoms with E-state index in [0.29, 0.717) is 29.3 Å². The summed E-state index contributed by atoms with van der Waals surface area (Å²) in [5.41, 5.74) is 0.351. The van der Waals surface area contributed by atoms with Crippen LogP contribution < -0.4 is 4.74 Å². The van der Waals surface area contributed by atoms with Crippen molar-refractivity contribution in [2.24, 2.45) is 0 Å². The summed E-state index contributed by atoms with van der Waals surface area (Å²) in [6, 6.07) is 12.8. The van der Waals surface area contributed by atoms with E-state index < -0.39 is 9.84 Å². The van der Waals surface area contributed by atoms with Crippen molar-refractivity contribution >= 4 is 27.3 Å². The molecule has 0 radical (unpaired) electrons. The third kappa shape index (κ3) is 3.86. The van der Waals surface area contributed by atoms with Crippen LogP contribution in [-0.4, -0.2) is 44.7 Å². The van der Waals surface area contributed by atoms with Crippen LogP contribution in [0.1, 0.15) is 23.2 Å². The van der Waals surface area contributed by atoms with Crippen LogP contribution in [0, 0.1) is 0 Å². The normalized spacial score (nSPS) is 17.3. The number of sulfone groups is 1. The number of likely N-dealkylation sites (tertiary alicyclic amines) is 1. The van der Waals surface area contributed by atoms with Crippen molar-refractivity contribution in [2.75, 3.05) is 19.4 Å². The second kappa shape index (κ2) is 7.68. The number of hydrogen-bond acceptors (Lipinski definition) is 4. The molecule has 0 bridgehead atoms. The van der Waals surface area contributed by atoms with Gasteiger partial charge < -0.3 is 9.64 Å². The number of rotatable bonds is 5. The van der Waals surface area contributed by atoms with E-state index in [1.165, 1.54) is 7.11 Å². The van der Waals surface area contributed by atoms with Crippen LogP contribution in [-0.2, 0) is 9.84 Å². The van der Waals surface area contributed by atoms with Gasteiger partial charge in [-0.25, -0.2) is 8.42 Å². The largest absolute Gasteiger partial charge is 0.496 e. The molecular weight excluding hydrogens is 374 g/mol. The Kier molecular flexibility index (Phi) is 5.53. The first kappa shape index (κ1) is 18.7. The molecule has 0 aromatic heterocycles. The van der Waals surface area contributed by atoms with Gasteiger partial charge in [0.05, 0.1) is 23.3 Å². The Bertz CT molecular complexity index is 899. The molecule has 0 aliphatic carbocycles. The van der Waals surface area contributed by atoms with Crippen molar-refractivity contribution in [3.8, 4) is 5.75 Å². The number of benzene rings is 2. The maximum atomic E-state index is 13.0. The first-order valence-electron chi connectivity index (χ1n) is 8.34. The minimum atomic E-state index is -3.47.